The molecule has 0 aliphatic rings. The lowest BCUT2D eigenvalue weighted by Gasteiger charge is -2.10. The van der Waals surface area contributed by atoms with E-state index in [9.17, 15) is 0 Å². The highest BCUT2D eigenvalue weighted by molar-refractivity contribution is 5.40. The maximum absolute atomic E-state index is 8.71. The number of ether oxygens (including phenoxy) is 2. The van der Waals surface area contributed by atoms with E-state index in [-0.39, 0.29) is 6.79 Å². The molecule has 78 valence electrons. The molecular formula is C11H16O3. The highest BCUT2D eigenvalue weighted by Gasteiger charge is 2.04. The number of benzene rings is 1. The minimum atomic E-state index is -0.302. The molecule has 1 N–H and O–H groups in total. The number of rotatable bonds is 5. The van der Waals surface area contributed by atoms with E-state index < -0.39 is 0 Å². The van der Waals surface area contributed by atoms with E-state index in [0.29, 0.717) is 5.75 Å². The zero-order valence-corrected chi connectivity index (χ0v) is 8.62. The number of hydrogen-bond acceptors (Lipinski definition) is 3. The topological polar surface area (TPSA) is 38.7 Å². The Balaban J connectivity index is 2.91. The van der Waals surface area contributed by atoms with Crippen molar-refractivity contribution in [2.75, 3.05) is 13.9 Å². The Hall–Kier alpha value is -1.22. The predicted octanol–water partition coefficient (Wildman–Crippen LogP) is 1.98. The summed E-state index contributed by atoms with van der Waals surface area (Å²) in [4.78, 5) is 0. The summed E-state index contributed by atoms with van der Waals surface area (Å²) in [5.41, 5.74) is 1.10. The van der Waals surface area contributed by atoms with Gasteiger partial charge in [-0.2, -0.15) is 0 Å². The van der Waals surface area contributed by atoms with Crippen LogP contribution in [0.5, 0.6) is 11.5 Å². The Kier molecular flexibility index (Phi) is 4.26. The molecule has 1 aromatic carbocycles. The second-order valence-electron chi connectivity index (χ2n) is 3.00. The summed E-state index contributed by atoms with van der Waals surface area (Å²) in [5, 5.41) is 8.71. The standard InChI is InChI=1S/C11H16O3/c1-3-4-9-5-6-10(13-2)7-11(9)14-8-12/h5-7,12H,3-4,8H2,1-2H3. The average Bonchev–Trinajstić information content (AvgIpc) is 2.21. The SMILES string of the molecule is CCCc1ccc(OC)cc1OCO. The van der Waals surface area contributed by atoms with Crippen molar-refractivity contribution >= 4 is 0 Å². The van der Waals surface area contributed by atoms with Gasteiger partial charge in [0.15, 0.2) is 6.79 Å². The molecule has 0 atom stereocenters. The fourth-order valence-corrected chi connectivity index (χ4v) is 1.34. The summed E-state index contributed by atoms with van der Waals surface area (Å²) >= 11 is 0. The van der Waals surface area contributed by atoms with Crippen LogP contribution >= 0.6 is 0 Å². The van der Waals surface area contributed by atoms with Crippen LogP contribution in [-0.4, -0.2) is 19.0 Å². The Morgan fingerprint density at radius 1 is 1.36 bits per heavy atom. The van der Waals surface area contributed by atoms with Crippen molar-refractivity contribution in [3.05, 3.63) is 23.8 Å². The van der Waals surface area contributed by atoms with Gasteiger partial charge in [-0.05, 0) is 18.1 Å². The number of aryl methyl sites for hydroxylation is 1. The number of aliphatic hydroxyl groups excluding tert-OH is 1. The van der Waals surface area contributed by atoms with Crippen molar-refractivity contribution in [3.8, 4) is 11.5 Å². The van der Waals surface area contributed by atoms with Gasteiger partial charge in [-0.25, -0.2) is 0 Å². The molecule has 14 heavy (non-hydrogen) atoms. The van der Waals surface area contributed by atoms with E-state index in [2.05, 4.69) is 6.92 Å². The first-order valence-electron chi connectivity index (χ1n) is 4.72. The van der Waals surface area contributed by atoms with Gasteiger partial charge in [0.2, 0.25) is 0 Å². The molecule has 0 saturated carbocycles. The largest absolute Gasteiger partial charge is 0.497 e. The van der Waals surface area contributed by atoms with Crippen LogP contribution in [-0.2, 0) is 6.42 Å². The van der Waals surface area contributed by atoms with Gasteiger partial charge in [0.1, 0.15) is 11.5 Å². The van der Waals surface area contributed by atoms with Crippen LogP contribution in [0.2, 0.25) is 0 Å². The summed E-state index contributed by atoms with van der Waals surface area (Å²) in [7, 11) is 1.61. The zero-order chi connectivity index (χ0) is 10.4. The third-order valence-corrected chi connectivity index (χ3v) is 2.01. The van der Waals surface area contributed by atoms with Gasteiger partial charge >= 0.3 is 0 Å². The minimum absolute atomic E-state index is 0.302. The monoisotopic (exact) mass is 196 g/mol. The molecule has 1 aromatic rings. The fourth-order valence-electron chi connectivity index (χ4n) is 1.34. The first-order chi connectivity index (χ1) is 6.81. The van der Waals surface area contributed by atoms with Crippen LogP contribution in [0.3, 0.4) is 0 Å². The molecule has 0 aromatic heterocycles. The van der Waals surface area contributed by atoms with Gasteiger partial charge in [0.25, 0.3) is 0 Å². The summed E-state index contributed by atoms with van der Waals surface area (Å²) in [5.74, 6) is 1.45. The van der Waals surface area contributed by atoms with Crippen molar-refractivity contribution in [1.82, 2.24) is 0 Å². The molecule has 3 heteroatoms. The van der Waals surface area contributed by atoms with E-state index in [1.165, 1.54) is 0 Å². The maximum atomic E-state index is 8.71. The van der Waals surface area contributed by atoms with Gasteiger partial charge in [-0.1, -0.05) is 19.4 Å². The van der Waals surface area contributed by atoms with E-state index in [0.717, 1.165) is 24.2 Å². The van der Waals surface area contributed by atoms with E-state index in [1.54, 1.807) is 13.2 Å². The first kappa shape index (κ1) is 10.9. The number of methoxy groups -OCH3 is 1. The summed E-state index contributed by atoms with van der Waals surface area (Å²) in [6.07, 6.45) is 1.99. The van der Waals surface area contributed by atoms with Crippen LogP contribution in [0.15, 0.2) is 18.2 Å². The fraction of sp³-hybridized carbons (Fsp3) is 0.455. The van der Waals surface area contributed by atoms with Crippen LogP contribution in [0, 0.1) is 0 Å². The Bertz CT molecular complexity index is 284. The lowest BCUT2D eigenvalue weighted by Crippen LogP contribution is -1.99. The highest BCUT2D eigenvalue weighted by atomic mass is 16.6. The van der Waals surface area contributed by atoms with E-state index in [4.69, 9.17) is 14.6 Å². The van der Waals surface area contributed by atoms with Crippen molar-refractivity contribution in [1.29, 1.82) is 0 Å². The molecule has 3 nitrogen and oxygen atoms in total. The van der Waals surface area contributed by atoms with Crippen molar-refractivity contribution in [2.24, 2.45) is 0 Å². The molecule has 0 aliphatic heterocycles. The van der Waals surface area contributed by atoms with Gasteiger partial charge < -0.3 is 14.6 Å². The van der Waals surface area contributed by atoms with Crippen LogP contribution < -0.4 is 9.47 Å². The summed E-state index contributed by atoms with van der Waals surface area (Å²) in [6, 6.07) is 5.66. The molecule has 0 bridgehead atoms. The lowest BCUT2D eigenvalue weighted by molar-refractivity contribution is 0.0973. The van der Waals surface area contributed by atoms with Gasteiger partial charge in [-0.15, -0.1) is 0 Å². The predicted molar refractivity (Wildman–Crippen MR) is 54.7 cm³/mol. The first-order valence-corrected chi connectivity index (χ1v) is 4.72. The molecule has 0 aliphatic carbocycles. The number of aliphatic hydroxyl groups is 1. The normalized spacial score (nSPS) is 9.93. The third-order valence-electron chi connectivity index (χ3n) is 2.01. The van der Waals surface area contributed by atoms with Crippen molar-refractivity contribution in [3.63, 3.8) is 0 Å². The molecular weight excluding hydrogens is 180 g/mol. The van der Waals surface area contributed by atoms with Crippen LogP contribution in [0.4, 0.5) is 0 Å². The Labute approximate surface area is 84.3 Å². The summed E-state index contributed by atoms with van der Waals surface area (Å²) in [6.45, 7) is 1.80. The smallest absolute Gasteiger partial charge is 0.186 e. The van der Waals surface area contributed by atoms with Gasteiger partial charge in [0, 0.05) is 6.07 Å². The van der Waals surface area contributed by atoms with Crippen LogP contribution in [0.25, 0.3) is 0 Å². The molecule has 0 spiro atoms. The Morgan fingerprint density at radius 2 is 2.14 bits per heavy atom. The lowest BCUT2D eigenvalue weighted by atomic mass is 10.1. The highest BCUT2D eigenvalue weighted by Crippen LogP contribution is 2.25. The molecule has 0 fully saturated rings. The van der Waals surface area contributed by atoms with Gasteiger partial charge in [0.05, 0.1) is 7.11 Å². The van der Waals surface area contributed by atoms with E-state index in [1.807, 2.05) is 12.1 Å². The molecule has 0 radical (unpaired) electrons. The van der Waals surface area contributed by atoms with Gasteiger partial charge in [-0.3, -0.25) is 0 Å². The quantitative estimate of drug-likeness (QED) is 0.732. The maximum Gasteiger partial charge on any atom is 0.186 e. The molecule has 0 unspecified atom stereocenters. The second kappa shape index (κ2) is 5.50. The van der Waals surface area contributed by atoms with E-state index >= 15 is 0 Å². The third kappa shape index (κ3) is 2.64. The molecule has 0 saturated heterocycles. The molecule has 1 rings (SSSR count). The van der Waals surface area contributed by atoms with Crippen molar-refractivity contribution in [2.45, 2.75) is 19.8 Å². The average molecular weight is 196 g/mol. The zero-order valence-electron chi connectivity index (χ0n) is 8.62. The second-order valence-corrected chi connectivity index (χ2v) is 3.00. The van der Waals surface area contributed by atoms with Crippen LogP contribution in [0.1, 0.15) is 18.9 Å². The molecule has 0 heterocycles. The Morgan fingerprint density at radius 3 is 2.71 bits per heavy atom. The van der Waals surface area contributed by atoms with Crippen molar-refractivity contribution < 1.29 is 14.6 Å². The summed E-state index contributed by atoms with van der Waals surface area (Å²) < 4.78 is 10.2. The number of hydrogen-bond donors (Lipinski definition) is 1. The minimum Gasteiger partial charge on any atom is -0.497 e. The molecule has 0 amide bonds.